The van der Waals surface area contributed by atoms with Gasteiger partial charge in [-0.25, -0.2) is 0 Å². The molecule has 1 amide bonds. The van der Waals surface area contributed by atoms with E-state index >= 15 is 0 Å². The smallest absolute Gasteiger partial charge is 0.251 e. The number of carbonyl (C=O) groups is 1. The number of aryl methyl sites for hydroxylation is 1. The molecule has 0 saturated carbocycles. The summed E-state index contributed by atoms with van der Waals surface area (Å²) in [5.74, 6) is 0.551. The fraction of sp³-hybridized carbons (Fsp3) is 0.286. The molecule has 1 saturated heterocycles. The fourth-order valence-corrected chi connectivity index (χ4v) is 4.35. The molecule has 0 radical (unpaired) electrons. The van der Waals surface area contributed by atoms with E-state index in [1.165, 1.54) is 11.1 Å². The highest BCUT2D eigenvalue weighted by Gasteiger charge is 2.20. The topological polar surface area (TPSA) is 56.1 Å². The normalized spacial score (nSPS) is 14.6. The molecular weight excluding hydrogens is 394 g/mol. The van der Waals surface area contributed by atoms with Crippen molar-refractivity contribution in [2.75, 3.05) is 13.1 Å². The van der Waals surface area contributed by atoms with E-state index in [-0.39, 0.29) is 5.91 Å². The number of carbonyl (C=O) groups excluding carboxylic acids is 1. The van der Waals surface area contributed by atoms with Gasteiger partial charge in [-0.1, -0.05) is 54.1 Å². The molecular formula is C28H29N3O. The van der Waals surface area contributed by atoms with Gasteiger partial charge in [0.25, 0.3) is 5.91 Å². The Morgan fingerprint density at radius 3 is 2.34 bits per heavy atom. The van der Waals surface area contributed by atoms with Crippen molar-refractivity contribution in [3.63, 3.8) is 0 Å². The van der Waals surface area contributed by atoms with Crippen LogP contribution in [-0.4, -0.2) is 23.9 Å². The van der Waals surface area contributed by atoms with Crippen LogP contribution < -0.4 is 5.32 Å². The zero-order valence-electron chi connectivity index (χ0n) is 18.6. The summed E-state index contributed by atoms with van der Waals surface area (Å²) >= 11 is 0. The van der Waals surface area contributed by atoms with Crippen molar-refractivity contribution in [2.24, 2.45) is 0 Å². The van der Waals surface area contributed by atoms with Gasteiger partial charge in [-0.05, 0) is 79.7 Å². The Balaban J connectivity index is 1.25. The summed E-state index contributed by atoms with van der Waals surface area (Å²) < 4.78 is 0. The fourth-order valence-electron chi connectivity index (χ4n) is 4.35. The second kappa shape index (κ2) is 10.3. The summed E-state index contributed by atoms with van der Waals surface area (Å²) in [5, 5.41) is 12.0. The van der Waals surface area contributed by atoms with E-state index in [2.05, 4.69) is 52.7 Å². The molecule has 0 aromatic heterocycles. The molecule has 1 fully saturated rings. The quantitative estimate of drug-likeness (QED) is 0.595. The number of nitrogens with zero attached hydrogens (tertiary/aromatic N) is 2. The average molecular weight is 424 g/mol. The molecule has 162 valence electrons. The van der Waals surface area contributed by atoms with Crippen molar-refractivity contribution in [3.05, 3.63) is 106 Å². The summed E-state index contributed by atoms with van der Waals surface area (Å²) in [6, 6.07) is 26.4. The minimum atomic E-state index is -0.0348. The first kappa shape index (κ1) is 21.8. The minimum Gasteiger partial charge on any atom is -0.348 e. The predicted molar refractivity (Wildman–Crippen MR) is 127 cm³/mol. The first-order valence-electron chi connectivity index (χ1n) is 11.3. The number of hydrogen-bond acceptors (Lipinski definition) is 3. The first-order chi connectivity index (χ1) is 15.6. The highest BCUT2D eigenvalue weighted by Crippen LogP contribution is 2.29. The number of nitrogens with one attached hydrogen (secondary N) is 1. The van der Waals surface area contributed by atoms with Crippen LogP contribution in [0, 0.1) is 18.3 Å². The zero-order chi connectivity index (χ0) is 22.3. The zero-order valence-corrected chi connectivity index (χ0v) is 18.6. The lowest BCUT2D eigenvalue weighted by molar-refractivity contribution is 0.0951. The number of amides is 1. The second-order valence-corrected chi connectivity index (χ2v) is 8.65. The molecule has 1 aliphatic heterocycles. The van der Waals surface area contributed by atoms with Crippen LogP contribution in [0.3, 0.4) is 0 Å². The van der Waals surface area contributed by atoms with E-state index in [0.29, 0.717) is 23.6 Å². The maximum absolute atomic E-state index is 12.3. The highest BCUT2D eigenvalue weighted by molar-refractivity contribution is 5.94. The second-order valence-electron chi connectivity index (χ2n) is 8.65. The molecule has 4 heteroatoms. The number of rotatable bonds is 6. The van der Waals surface area contributed by atoms with Crippen molar-refractivity contribution in [1.82, 2.24) is 10.2 Å². The molecule has 3 aromatic carbocycles. The molecule has 4 rings (SSSR count). The van der Waals surface area contributed by atoms with Gasteiger partial charge >= 0.3 is 0 Å². The third-order valence-electron chi connectivity index (χ3n) is 6.26. The lowest BCUT2D eigenvalue weighted by atomic mass is 9.89. The molecule has 3 aromatic rings. The Bertz CT molecular complexity index is 1090. The van der Waals surface area contributed by atoms with Crippen LogP contribution in [0.1, 0.15) is 56.9 Å². The van der Waals surface area contributed by atoms with Gasteiger partial charge in [-0.15, -0.1) is 0 Å². The molecule has 1 aliphatic rings. The van der Waals surface area contributed by atoms with Crippen LogP contribution in [0.15, 0.2) is 72.8 Å². The van der Waals surface area contributed by atoms with Gasteiger partial charge < -0.3 is 5.32 Å². The molecule has 0 unspecified atom stereocenters. The van der Waals surface area contributed by atoms with E-state index in [1.54, 1.807) is 0 Å². The van der Waals surface area contributed by atoms with Gasteiger partial charge in [0.15, 0.2) is 0 Å². The molecule has 0 spiro atoms. The summed E-state index contributed by atoms with van der Waals surface area (Å²) in [7, 11) is 0. The predicted octanol–water partition coefficient (Wildman–Crippen LogP) is 5.18. The Morgan fingerprint density at radius 1 is 1.00 bits per heavy atom. The van der Waals surface area contributed by atoms with Crippen molar-refractivity contribution >= 4 is 5.91 Å². The van der Waals surface area contributed by atoms with E-state index in [1.807, 2.05) is 43.3 Å². The van der Waals surface area contributed by atoms with Crippen molar-refractivity contribution < 1.29 is 4.79 Å². The van der Waals surface area contributed by atoms with E-state index in [9.17, 15) is 4.79 Å². The van der Waals surface area contributed by atoms with Crippen LogP contribution in [0.4, 0.5) is 0 Å². The van der Waals surface area contributed by atoms with E-state index in [4.69, 9.17) is 5.26 Å². The Hall–Kier alpha value is -3.42. The Labute approximate surface area is 190 Å². The maximum atomic E-state index is 12.3. The number of piperidine rings is 1. The Morgan fingerprint density at radius 2 is 1.69 bits per heavy atom. The average Bonchev–Trinajstić information content (AvgIpc) is 2.84. The molecule has 0 aliphatic carbocycles. The van der Waals surface area contributed by atoms with Gasteiger partial charge in [-0.3, -0.25) is 9.69 Å². The van der Waals surface area contributed by atoms with Crippen LogP contribution in [0.5, 0.6) is 0 Å². The lowest BCUT2D eigenvalue weighted by Crippen LogP contribution is -2.32. The van der Waals surface area contributed by atoms with Gasteiger partial charge in [0, 0.05) is 18.7 Å². The van der Waals surface area contributed by atoms with Crippen molar-refractivity contribution in [3.8, 4) is 6.07 Å². The molecule has 32 heavy (non-hydrogen) atoms. The summed E-state index contributed by atoms with van der Waals surface area (Å²) in [6.45, 7) is 5.64. The van der Waals surface area contributed by atoms with E-state index in [0.717, 1.165) is 43.6 Å². The van der Waals surface area contributed by atoms with Crippen LogP contribution >= 0.6 is 0 Å². The molecule has 0 bridgehead atoms. The van der Waals surface area contributed by atoms with Gasteiger partial charge in [-0.2, -0.15) is 5.26 Å². The highest BCUT2D eigenvalue weighted by atomic mass is 16.1. The van der Waals surface area contributed by atoms with Crippen LogP contribution in [0.2, 0.25) is 0 Å². The first-order valence-corrected chi connectivity index (χ1v) is 11.3. The van der Waals surface area contributed by atoms with Gasteiger partial charge in [0.05, 0.1) is 11.6 Å². The van der Waals surface area contributed by atoms with Crippen molar-refractivity contribution in [2.45, 2.75) is 38.8 Å². The Kier molecular flexibility index (Phi) is 6.99. The SMILES string of the molecule is Cc1cccc(C(=O)NCc2ccc(C3CCN(Cc4ccc(C#N)cc4)CC3)cc2)c1. The number of hydrogen-bond donors (Lipinski definition) is 1. The summed E-state index contributed by atoms with van der Waals surface area (Å²) in [6.07, 6.45) is 2.30. The molecule has 4 nitrogen and oxygen atoms in total. The van der Waals surface area contributed by atoms with Crippen LogP contribution in [-0.2, 0) is 13.1 Å². The number of likely N-dealkylation sites (tertiary alicyclic amines) is 1. The third kappa shape index (κ3) is 5.63. The number of benzene rings is 3. The lowest BCUT2D eigenvalue weighted by Gasteiger charge is -2.32. The van der Waals surface area contributed by atoms with E-state index < -0.39 is 0 Å². The summed E-state index contributed by atoms with van der Waals surface area (Å²) in [4.78, 5) is 14.8. The van der Waals surface area contributed by atoms with Crippen molar-refractivity contribution in [1.29, 1.82) is 5.26 Å². The molecule has 0 atom stereocenters. The third-order valence-corrected chi connectivity index (χ3v) is 6.26. The van der Waals surface area contributed by atoms with Gasteiger partial charge in [0.1, 0.15) is 0 Å². The minimum absolute atomic E-state index is 0.0348. The summed E-state index contributed by atoms with van der Waals surface area (Å²) in [5.41, 5.74) is 6.27. The largest absolute Gasteiger partial charge is 0.348 e. The van der Waals surface area contributed by atoms with Gasteiger partial charge in [0.2, 0.25) is 0 Å². The molecule has 1 N–H and O–H groups in total. The molecule has 1 heterocycles. The number of nitriles is 1. The maximum Gasteiger partial charge on any atom is 0.251 e. The standard InChI is InChI=1S/C28H29N3O/c1-21-3-2-4-27(17-21)28(32)30-19-23-9-11-25(12-10-23)26-13-15-31(16-14-26)20-24-7-5-22(18-29)6-8-24/h2-12,17,26H,13-16,19-20H2,1H3,(H,30,32). The van der Waals surface area contributed by atoms with Crippen LogP contribution in [0.25, 0.3) is 0 Å². The monoisotopic (exact) mass is 423 g/mol.